The van der Waals surface area contributed by atoms with Gasteiger partial charge >= 0.3 is 5.97 Å². The van der Waals surface area contributed by atoms with Crippen molar-refractivity contribution in [3.63, 3.8) is 0 Å². The summed E-state index contributed by atoms with van der Waals surface area (Å²) in [5.41, 5.74) is 0. The fourth-order valence-electron chi connectivity index (χ4n) is 1.21. The summed E-state index contributed by atoms with van der Waals surface area (Å²) in [5.74, 6) is -1.22. The van der Waals surface area contributed by atoms with Gasteiger partial charge in [0.1, 0.15) is 9.77 Å². The Kier molecular flexibility index (Phi) is 4.63. The van der Waals surface area contributed by atoms with Crippen LogP contribution in [0.25, 0.3) is 0 Å². The molecule has 6 nitrogen and oxygen atoms in total. The highest BCUT2D eigenvalue weighted by Crippen LogP contribution is 2.24. The molecule has 0 radical (unpaired) electrons. The zero-order chi connectivity index (χ0) is 13.1. The number of hydrogen-bond acceptors (Lipinski definition) is 5. The molecule has 0 spiro atoms. The zero-order valence-electron chi connectivity index (χ0n) is 9.50. The lowest BCUT2D eigenvalue weighted by Gasteiger charge is -2.16. The van der Waals surface area contributed by atoms with E-state index in [1.165, 1.54) is 18.5 Å². The van der Waals surface area contributed by atoms with E-state index in [9.17, 15) is 13.2 Å². The van der Waals surface area contributed by atoms with Crippen LogP contribution in [0.3, 0.4) is 0 Å². The molecule has 1 aromatic heterocycles. The number of rotatable bonds is 6. The summed E-state index contributed by atoms with van der Waals surface area (Å²) in [7, 11) is -0.578. The van der Waals surface area contributed by atoms with Gasteiger partial charge in [-0.25, -0.2) is 13.2 Å². The molecule has 0 unspecified atom stereocenters. The average Bonchev–Trinajstić information content (AvgIpc) is 2.75. The summed E-state index contributed by atoms with van der Waals surface area (Å²) in [6, 6.07) is 1.32. The molecule has 0 fully saturated rings. The summed E-state index contributed by atoms with van der Waals surface area (Å²) < 4.78 is 25.3. The Bertz CT molecular complexity index is 495. The lowest BCUT2D eigenvalue weighted by Crippen LogP contribution is -2.33. The first kappa shape index (κ1) is 14.1. The van der Waals surface area contributed by atoms with Gasteiger partial charge in [-0.3, -0.25) is 0 Å². The van der Waals surface area contributed by atoms with Gasteiger partial charge in [-0.05, 0) is 18.5 Å². The van der Waals surface area contributed by atoms with Gasteiger partial charge in [0.2, 0.25) is 10.0 Å². The fourth-order valence-corrected chi connectivity index (χ4v) is 3.61. The van der Waals surface area contributed by atoms with Crippen LogP contribution >= 0.6 is 11.3 Å². The smallest absolute Gasteiger partial charge is 0.347 e. The quantitative estimate of drug-likeness (QED) is 0.781. The Labute approximate surface area is 104 Å². The molecular formula is C9H14N2O4S2. The van der Waals surface area contributed by atoms with Crippen molar-refractivity contribution in [3.8, 4) is 0 Å². The fraction of sp³-hybridized carbons (Fsp3) is 0.444. The third-order valence-corrected chi connectivity index (χ3v) is 5.12. The lowest BCUT2D eigenvalue weighted by molar-refractivity contribution is 0.0698. The van der Waals surface area contributed by atoms with Crippen LogP contribution in [0.15, 0.2) is 16.3 Å². The number of hydrogen-bond donors (Lipinski definition) is 2. The Morgan fingerprint density at radius 3 is 2.76 bits per heavy atom. The van der Waals surface area contributed by atoms with Crippen molar-refractivity contribution < 1.29 is 18.3 Å². The maximum Gasteiger partial charge on any atom is 0.347 e. The van der Waals surface area contributed by atoms with Crippen molar-refractivity contribution in [1.82, 2.24) is 9.62 Å². The van der Waals surface area contributed by atoms with Crippen molar-refractivity contribution >= 4 is 27.3 Å². The van der Waals surface area contributed by atoms with E-state index < -0.39 is 16.0 Å². The molecule has 1 aromatic rings. The van der Waals surface area contributed by atoms with Crippen LogP contribution in [-0.2, 0) is 10.0 Å². The van der Waals surface area contributed by atoms with Crippen LogP contribution in [0.4, 0.5) is 0 Å². The number of carbonyl (C=O) groups is 1. The maximum absolute atomic E-state index is 12.1. The van der Waals surface area contributed by atoms with E-state index in [1.54, 1.807) is 7.05 Å². The molecule has 0 aromatic carbocycles. The third-order valence-electron chi connectivity index (χ3n) is 2.19. The summed E-state index contributed by atoms with van der Waals surface area (Å²) >= 11 is 0.905. The van der Waals surface area contributed by atoms with Gasteiger partial charge < -0.3 is 10.4 Å². The highest BCUT2D eigenvalue weighted by atomic mass is 32.2. The highest BCUT2D eigenvalue weighted by Gasteiger charge is 2.27. The summed E-state index contributed by atoms with van der Waals surface area (Å²) in [6.07, 6.45) is 0. The summed E-state index contributed by atoms with van der Waals surface area (Å²) in [4.78, 5) is 10.6. The third kappa shape index (κ3) is 3.03. The number of aromatic carboxylic acids is 1. The predicted molar refractivity (Wildman–Crippen MR) is 65.0 cm³/mol. The standard InChI is InChI=1S/C9H14N2O4S2/c1-10-4-5-11(2)17(14,15)7-3-6-16-8(7)9(12)13/h3,6,10H,4-5H2,1-2H3,(H,12,13). The molecular weight excluding hydrogens is 264 g/mol. The van der Waals surface area contributed by atoms with Crippen LogP contribution in [0.5, 0.6) is 0 Å². The van der Waals surface area contributed by atoms with E-state index in [0.717, 1.165) is 15.6 Å². The molecule has 0 atom stereocenters. The summed E-state index contributed by atoms with van der Waals surface area (Å²) in [5, 5.41) is 13.2. The van der Waals surface area contributed by atoms with Crippen molar-refractivity contribution in [3.05, 3.63) is 16.3 Å². The van der Waals surface area contributed by atoms with Crippen LogP contribution < -0.4 is 5.32 Å². The van der Waals surface area contributed by atoms with E-state index in [0.29, 0.717) is 6.54 Å². The van der Waals surface area contributed by atoms with Crippen molar-refractivity contribution in [1.29, 1.82) is 0 Å². The molecule has 8 heteroatoms. The van der Waals surface area contributed by atoms with Crippen molar-refractivity contribution in [2.75, 3.05) is 27.2 Å². The monoisotopic (exact) mass is 278 g/mol. The van der Waals surface area contributed by atoms with Gasteiger partial charge in [-0.2, -0.15) is 4.31 Å². The molecule has 0 amide bonds. The Hall–Kier alpha value is -0.960. The molecule has 2 N–H and O–H groups in total. The molecule has 1 heterocycles. The molecule has 0 aliphatic carbocycles. The van der Waals surface area contributed by atoms with Gasteiger partial charge in [-0.1, -0.05) is 0 Å². The molecule has 0 bridgehead atoms. The van der Waals surface area contributed by atoms with Crippen LogP contribution in [0, 0.1) is 0 Å². The minimum atomic E-state index is -3.72. The number of carboxylic acid groups (broad SMARTS) is 1. The normalized spacial score (nSPS) is 11.9. The lowest BCUT2D eigenvalue weighted by atomic mass is 10.5. The van der Waals surface area contributed by atoms with Crippen LogP contribution in [0.2, 0.25) is 0 Å². The van der Waals surface area contributed by atoms with Gasteiger partial charge in [-0.15, -0.1) is 11.3 Å². The van der Waals surface area contributed by atoms with Gasteiger partial charge in [0.05, 0.1) is 0 Å². The van der Waals surface area contributed by atoms with Gasteiger partial charge in [0, 0.05) is 20.1 Å². The topological polar surface area (TPSA) is 86.7 Å². The Morgan fingerprint density at radius 2 is 2.24 bits per heavy atom. The molecule has 0 saturated heterocycles. The van der Waals surface area contributed by atoms with Crippen LogP contribution in [-0.4, -0.2) is 51.0 Å². The van der Waals surface area contributed by atoms with Gasteiger partial charge in [0.25, 0.3) is 0 Å². The van der Waals surface area contributed by atoms with E-state index in [2.05, 4.69) is 5.32 Å². The number of sulfonamides is 1. The largest absolute Gasteiger partial charge is 0.477 e. The second-order valence-corrected chi connectivity index (χ2v) is 6.28. The first-order valence-corrected chi connectivity index (χ1v) is 7.15. The number of nitrogens with one attached hydrogen (secondary N) is 1. The average molecular weight is 278 g/mol. The molecule has 1 rings (SSSR count). The van der Waals surface area contributed by atoms with E-state index in [4.69, 9.17) is 5.11 Å². The molecule has 96 valence electrons. The zero-order valence-corrected chi connectivity index (χ0v) is 11.1. The second kappa shape index (κ2) is 5.58. The Morgan fingerprint density at radius 1 is 1.59 bits per heavy atom. The van der Waals surface area contributed by atoms with Gasteiger partial charge in [0.15, 0.2) is 0 Å². The number of thiophene rings is 1. The van der Waals surface area contributed by atoms with Crippen molar-refractivity contribution in [2.45, 2.75) is 4.90 Å². The highest BCUT2D eigenvalue weighted by molar-refractivity contribution is 7.89. The molecule has 0 aliphatic rings. The SMILES string of the molecule is CNCCN(C)S(=O)(=O)c1ccsc1C(=O)O. The number of carboxylic acids is 1. The van der Waals surface area contributed by atoms with E-state index in [-0.39, 0.29) is 16.3 Å². The van der Waals surface area contributed by atoms with Crippen molar-refractivity contribution in [2.24, 2.45) is 0 Å². The first-order valence-electron chi connectivity index (χ1n) is 4.83. The van der Waals surface area contributed by atoms with Crippen LogP contribution in [0.1, 0.15) is 9.67 Å². The molecule has 17 heavy (non-hydrogen) atoms. The molecule has 0 saturated carbocycles. The second-order valence-electron chi connectivity index (χ2n) is 3.35. The molecule has 0 aliphatic heterocycles. The minimum absolute atomic E-state index is 0.145. The Balaban J connectivity index is 3.04. The first-order chi connectivity index (χ1) is 7.91. The summed E-state index contributed by atoms with van der Waals surface area (Å²) in [6.45, 7) is 0.788. The van der Waals surface area contributed by atoms with E-state index in [1.807, 2.05) is 0 Å². The van der Waals surface area contributed by atoms with E-state index >= 15 is 0 Å². The minimum Gasteiger partial charge on any atom is -0.477 e. The number of nitrogens with zero attached hydrogens (tertiary/aromatic N) is 1. The maximum atomic E-state index is 12.1. The predicted octanol–water partition coefficient (Wildman–Crippen LogP) is 0.286. The number of likely N-dealkylation sites (N-methyl/N-ethyl adjacent to an activating group) is 2.